The summed E-state index contributed by atoms with van der Waals surface area (Å²) in [5.41, 5.74) is 2.42. The zero-order valence-electron chi connectivity index (χ0n) is 14.3. The van der Waals surface area contributed by atoms with Crippen molar-refractivity contribution in [3.63, 3.8) is 0 Å². The van der Waals surface area contributed by atoms with E-state index < -0.39 is 0 Å². The highest BCUT2D eigenvalue weighted by Crippen LogP contribution is 2.34. The van der Waals surface area contributed by atoms with E-state index in [0.717, 1.165) is 16.6 Å². The number of methoxy groups -OCH3 is 1. The molecule has 2 N–H and O–H groups in total. The first kappa shape index (κ1) is 16.3. The molecule has 0 aliphatic carbocycles. The number of anilines is 2. The van der Waals surface area contributed by atoms with Gasteiger partial charge in [-0.15, -0.1) is 0 Å². The predicted octanol–water partition coefficient (Wildman–Crippen LogP) is 3.66. The summed E-state index contributed by atoms with van der Waals surface area (Å²) in [6, 6.07) is 12.9. The van der Waals surface area contributed by atoms with E-state index in [1.807, 2.05) is 30.5 Å². The third-order valence-electron chi connectivity index (χ3n) is 4.20. The second-order valence-corrected chi connectivity index (χ2v) is 5.89. The molecular weight excluding hydrogens is 334 g/mol. The molecule has 0 fully saturated rings. The maximum atomic E-state index is 12.4. The molecule has 2 amide bonds. The summed E-state index contributed by atoms with van der Waals surface area (Å²) in [6.45, 7) is 1.51. The molecule has 134 valence electrons. The summed E-state index contributed by atoms with van der Waals surface area (Å²) in [5, 5.41) is 6.71. The second-order valence-electron chi connectivity index (χ2n) is 5.89. The van der Waals surface area contributed by atoms with Crippen molar-refractivity contribution in [1.82, 2.24) is 4.57 Å². The number of fused-ring (bicyclic) bond motifs is 2. The molecule has 2 heterocycles. The average molecular weight is 353 g/mol. The summed E-state index contributed by atoms with van der Waals surface area (Å²) in [4.78, 5) is 12.4. The molecular formula is C19H19N3O4. The first-order valence-corrected chi connectivity index (χ1v) is 8.29. The van der Waals surface area contributed by atoms with Gasteiger partial charge >= 0.3 is 6.03 Å². The number of benzene rings is 2. The van der Waals surface area contributed by atoms with Crippen molar-refractivity contribution in [3.05, 3.63) is 48.7 Å². The van der Waals surface area contributed by atoms with E-state index in [9.17, 15) is 4.79 Å². The third-order valence-corrected chi connectivity index (χ3v) is 4.20. The van der Waals surface area contributed by atoms with Gasteiger partial charge in [0.2, 0.25) is 6.79 Å². The quantitative estimate of drug-likeness (QED) is 0.734. The fourth-order valence-electron chi connectivity index (χ4n) is 2.98. The Kier molecular flexibility index (Phi) is 4.37. The summed E-state index contributed by atoms with van der Waals surface area (Å²) < 4.78 is 17.8. The van der Waals surface area contributed by atoms with Crippen LogP contribution in [-0.2, 0) is 11.3 Å². The molecule has 0 saturated heterocycles. The Morgan fingerprint density at radius 1 is 1.15 bits per heavy atom. The Hall–Kier alpha value is -3.19. The van der Waals surface area contributed by atoms with Gasteiger partial charge in [0.15, 0.2) is 11.5 Å². The van der Waals surface area contributed by atoms with Gasteiger partial charge in [0.05, 0.1) is 17.8 Å². The van der Waals surface area contributed by atoms with Crippen molar-refractivity contribution in [2.24, 2.45) is 0 Å². The number of hydrogen-bond acceptors (Lipinski definition) is 4. The van der Waals surface area contributed by atoms with Crippen molar-refractivity contribution >= 4 is 28.3 Å². The van der Waals surface area contributed by atoms with Crippen LogP contribution in [0.1, 0.15) is 0 Å². The first-order chi connectivity index (χ1) is 12.7. The van der Waals surface area contributed by atoms with Crippen molar-refractivity contribution < 1.29 is 19.0 Å². The van der Waals surface area contributed by atoms with Gasteiger partial charge in [0.25, 0.3) is 0 Å². The third kappa shape index (κ3) is 3.16. The SMILES string of the molecule is COCCn1cc(NC(=O)Nc2ccc3c(c2)OCO3)c2ccccc21. The molecule has 0 atom stereocenters. The Labute approximate surface area is 150 Å². The van der Waals surface area contributed by atoms with Crippen LogP contribution >= 0.6 is 0 Å². The molecule has 0 bridgehead atoms. The lowest BCUT2D eigenvalue weighted by Gasteiger charge is -2.07. The highest BCUT2D eigenvalue weighted by atomic mass is 16.7. The Bertz CT molecular complexity index is 951. The molecule has 1 aliphatic heterocycles. The predicted molar refractivity (Wildman–Crippen MR) is 99.0 cm³/mol. The molecule has 0 radical (unpaired) electrons. The molecule has 1 aliphatic rings. The zero-order chi connectivity index (χ0) is 17.9. The van der Waals surface area contributed by atoms with Crippen molar-refractivity contribution in [1.29, 1.82) is 0 Å². The van der Waals surface area contributed by atoms with Crippen molar-refractivity contribution in [3.8, 4) is 11.5 Å². The number of urea groups is 1. The number of carbonyl (C=O) groups is 1. The molecule has 0 unspecified atom stereocenters. The number of ether oxygens (including phenoxy) is 3. The van der Waals surface area contributed by atoms with Crippen molar-refractivity contribution in [2.45, 2.75) is 6.54 Å². The maximum Gasteiger partial charge on any atom is 0.323 e. The zero-order valence-corrected chi connectivity index (χ0v) is 14.3. The van der Waals surface area contributed by atoms with Crippen LogP contribution in [0.15, 0.2) is 48.7 Å². The topological polar surface area (TPSA) is 73.8 Å². The smallest absolute Gasteiger partial charge is 0.323 e. The lowest BCUT2D eigenvalue weighted by molar-refractivity contribution is 0.174. The van der Waals surface area contributed by atoms with Gasteiger partial charge in [-0.2, -0.15) is 0 Å². The number of para-hydroxylation sites is 1. The van der Waals surface area contributed by atoms with E-state index in [4.69, 9.17) is 14.2 Å². The number of hydrogen-bond donors (Lipinski definition) is 2. The van der Waals surface area contributed by atoms with Crippen LogP contribution in [0.2, 0.25) is 0 Å². The maximum absolute atomic E-state index is 12.4. The fourth-order valence-corrected chi connectivity index (χ4v) is 2.98. The van der Waals surface area contributed by atoms with Gasteiger partial charge in [-0.25, -0.2) is 4.79 Å². The van der Waals surface area contributed by atoms with Crippen LogP contribution in [-0.4, -0.2) is 31.1 Å². The standard InChI is InChI=1S/C19H19N3O4/c1-24-9-8-22-11-15(14-4-2-3-5-16(14)22)21-19(23)20-13-6-7-17-18(10-13)26-12-25-17/h2-7,10-11H,8-9,12H2,1H3,(H2,20,21,23). The first-order valence-electron chi connectivity index (χ1n) is 8.29. The number of nitrogens with one attached hydrogen (secondary N) is 2. The molecule has 2 aromatic carbocycles. The highest BCUT2D eigenvalue weighted by molar-refractivity contribution is 6.06. The van der Waals surface area contributed by atoms with E-state index in [-0.39, 0.29) is 12.8 Å². The van der Waals surface area contributed by atoms with Crippen LogP contribution < -0.4 is 20.1 Å². The van der Waals surface area contributed by atoms with Gasteiger partial charge in [0.1, 0.15) is 0 Å². The monoisotopic (exact) mass is 353 g/mol. The number of nitrogens with zero attached hydrogens (tertiary/aromatic N) is 1. The van der Waals surface area contributed by atoms with Crippen LogP contribution in [0.25, 0.3) is 10.9 Å². The minimum absolute atomic E-state index is 0.200. The second kappa shape index (κ2) is 6.97. The lowest BCUT2D eigenvalue weighted by atomic mass is 10.2. The number of amides is 2. The van der Waals surface area contributed by atoms with Crippen LogP contribution in [0.3, 0.4) is 0 Å². The number of aromatic nitrogens is 1. The lowest BCUT2D eigenvalue weighted by Crippen LogP contribution is -2.19. The van der Waals surface area contributed by atoms with Crippen LogP contribution in [0.5, 0.6) is 11.5 Å². The van der Waals surface area contributed by atoms with Gasteiger partial charge in [-0.05, 0) is 18.2 Å². The minimum Gasteiger partial charge on any atom is -0.454 e. The fraction of sp³-hybridized carbons (Fsp3) is 0.211. The molecule has 3 aromatic rings. The van der Waals surface area contributed by atoms with E-state index in [2.05, 4.69) is 15.2 Å². The molecule has 0 spiro atoms. The minimum atomic E-state index is -0.321. The molecule has 0 saturated carbocycles. The van der Waals surface area contributed by atoms with Gasteiger partial charge < -0.3 is 29.4 Å². The summed E-state index contributed by atoms with van der Waals surface area (Å²) in [5.74, 6) is 1.30. The summed E-state index contributed by atoms with van der Waals surface area (Å²) in [7, 11) is 1.67. The van der Waals surface area contributed by atoms with E-state index in [0.29, 0.717) is 30.3 Å². The summed E-state index contributed by atoms with van der Waals surface area (Å²) >= 11 is 0. The van der Waals surface area contributed by atoms with Gasteiger partial charge in [-0.1, -0.05) is 18.2 Å². The highest BCUT2D eigenvalue weighted by Gasteiger charge is 2.15. The molecule has 4 rings (SSSR count). The van der Waals surface area contributed by atoms with E-state index in [1.54, 1.807) is 25.3 Å². The number of rotatable bonds is 5. The van der Waals surface area contributed by atoms with E-state index >= 15 is 0 Å². The molecule has 7 nitrogen and oxygen atoms in total. The molecule has 1 aromatic heterocycles. The molecule has 26 heavy (non-hydrogen) atoms. The average Bonchev–Trinajstić information content (AvgIpc) is 3.24. The molecule has 7 heteroatoms. The van der Waals surface area contributed by atoms with Crippen LogP contribution in [0.4, 0.5) is 16.2 Å². The summed E-state index contributed by atoms with van der Waals surface area (Å²) in [6.07, 6.45) is 1.92. The largest absolute Gasteiger partial charge is 0.454 e. The van der Waals surface area contributed by atoms with E-state index in [1.165, 1.54) is 0 Å². The van der Waals surface area contributed by atoms with Gasteiger partial charge in [-0.3, -0.25) is 0 Å². The Morgan fingerprint density at radius 2 is 2.00 bits per heavy atom. The normalized spacial score (nSPS) is 12.3. The number of carbonyl (C=O) groups excluding carboxylic acids is 1. The Balaban J connectivity index is 1.52. The van der Waals surface area contributed by atoms with Gasteiger partial charge in [0, 0.05) is 37.0 Å². The van der Waals surface area contributed by atoms with Crippen LogP contribution in [0, 0.1) is 0 Å². The Morgan fingerprint density at radius 3 is 2.88 bits per heavy atom. The van der Waals surface area contributed by atoms with Crippen molar-refractivity contribution in [2.75, 3.05) is 31.1 Å².